The monoisotopic (exact) mass is 295 g/mol. The molecule has 0 radical (unpaired) electrons. The van der Waals surface area contributed by atoms with Gasteiger partial charge in [0.05, 0.1) is 11.2 Å². The fourth-order valence-electron chi connectivity index (χ4n) is 1.91. The normalized spacial score (nSPS) is 12.8. The Hall–Kier alpha value is -0.940. The van der Waals surface area contributed by atoms with E-state index in [-0.39, 0.29) is 6.04 Å². The van der Waals surface area contributed by atoms with Crippen LogP contribution in [0, 0.1) is 0 Å². The fraction of sp³-hybridized carbons (Fsp3) is 0.357. The van der Waals surface area contributed by atoms with Crippen molar-refractivity contribution in [1.29, 1.82) is 0 Å². The summed E-state index contributed by atoms with van der Waals surface area (Å²) in [7, 11) is 2.09. The van der Waals surface area contributed by atoms with E-state index in [4.69, 9.17) is 17.3 Å². The Morgan fingerprint density at radius 3 is 2.74 bits per heavy atom. The van der Waals surface area contributed by atoms with Crippen LogP contribution in [0.4, 0.5) is 0 Å². The molecule has 1 aromatic heterocycles. The minimum absolute atomic E-state index is 0.0511. The molecule has 0 amide bonds. The van der Waals surface area contributed by atoms with Crippen LogP contribution in [0.25, 0.3) is 0 Å². The van der Waals surface area contributed by atoms with Gasteiger partial charge in [-0.15, -0.1) is 11.3 Å². The van der Waals surface area contributed by atoms with Crippen LogP contribution in [0.2, 0.25) is 5.02 Å². The third kappa shape index (κ3) is 4.58. The molecule has 1 heterocycles. The minimum atomic E-state index is 0.0511. The fourth-order valence-corrected chi connectivity index (χ4v) is 2.58. The average molecular weight is 296 g/mol. The molecule has 2 rings (SSSR count). The summed E-state index contributed by atoms with van der Waals surface area (Å²) in [5.74, 6) is 0. The molecule has 1 atom stereocenters. The molecule has 0 spiro atoms. The van der Waals surface area contributed by atoms with E-state index >= 15 is 0 Å². The highest BCUT2D eigenvalue weighted by Gasteiger charge is 2.08. The van der Waals surface area contributed by atoms with E-state index in [1.165, 1.54) is 0 Å². The molecule has 0 saturated carbocycles. The summed E-state index contributed by atoms with van der Waals surface area (Å²) in [6.45, 7) is 1.82. The molecule has 102 valence electrons. The largest absolute Gasteiger partial charge is 0.324 e. The first-order chi connectivity index (χ1) is 9.15. The van der Waals surface area contributed by atoms with Crippen molar-refractivity contribution in [2.75, 3.05) is 13.6 Å². The van der Waals surface area contributed by atoms with Crippen molar-refractivity contribution >= 4 is 22.9 Å². The van der Waals surface area contributed by atoms with Gasteiger partial charge < -0.3 is 10.6 Å². The summed E-state index contributed by atoms with van der Waals surface area (Å²) in [6.07, 6.45) is 0.919. The standard InChI is InChI=1S/C14H18ClN3S/c1-18(8-13-9-19-10-17-13)7-6-14(16)11-2-4-12(15)5-3-11/h2-5,9-10,14H,6-8,16H2,1H3. The Morgan fingerprint density at radius 1 is 1.37 bits per heavy atom. The number of benzene rings is 1. The van der Waals surface area contributed by atoms with Crippen molar-refractivity contribution < 1.29 is 0 Å². The average Bonchev–Trinajstić information content (AvgIpc) is 2.89. The maximum atomic E-state index is 6.18. The van der Waals surface area contributed by atoms with Gasteiger partial charge in [0.2, 0.25) is 0 Å². The summed E-state index contributed by atoms with van der Waals surface area (Å²) in [6, 6.07) is 7.81. The zero-order valence-electron chi connectivity index (χ0n) is 10.9. The van der Waals surface area contributed by atoms with Crippen LogP contribution in [-0.4, -0.2) is 23.5 Å². The quantitative estimate of drug-likeness (QED) is 0.889. The van der Waals surface area contributed by atoms with E-state index in [1.807, 2.05) is 29.8 Å². The number of hydrogen-bond donors (Lipinski definition) is 1. The Morgan fingerprint density at radius 2 is 2.11 bits per heavy atom. The van der Waals surface area contributed by atoms with Crippen molar-refractivity contribution in [3.63, 3.8) is 0 Å². The topological polar surface area (TPSA) is 42.1 Å². The van der Waals surface area contributed by atoms with E-state index in [2.05, 4.69) is 22.3 Å². The molecule has 19 heavy (non-hydrogen) atoms. The van der Waals surface area contributed by atoms with Gasteiger partial charge in [-0.25, -0.2) is 4.98 Å². The van der Waals surface area contributed by atoms with Crippen molar-refractivity contribution in [3.05, 3.63) is 51.4 Å². The molecule has 0 saturated heterocycles. The van der Waals surface area contributed by atoms with E-state index in [0.717, 1.165) is 35.8 Å². The third-order valence-corrected chi connectivity index (χ3v) is 3.92. The van der Waals surface area contributed by atoms with Gasteiger partial charge in [0.15, 0.2) is 0 Å². The lowest BCUT2D eigenvalue weighted by Crippen LogP contribution is -2.23. The first kappa shape index (κ1) is 14.5. The van der Waals surface area contributed by atoms with Crippen LogP contribution in [0.3, 0.4) is 0 Å². The highest BCUT2D eigenvalue weighted by molar-refractivity contribution is 7.07. The van der Waals surface area contributed by atoms with Crippen LogP contribution in [0.5, 0.6) is 0 Å². The zero-order valence-corrected chi connectivity index (χ0v) is 12.5. The second-order valence-electron chi connectivity index (χ2n) is 4.66. The second-order valence-corrected chi connectivity index (χ2v) is 5.82. The molecule has 1 unspecified atom stereocenters. The minimum Gasteiger partial charge on any atom is -0.324 e. The van der Waals surface area contributed by atoms with E-state index in [0.29, 0.717) is 0 Å². The first-order valence-corrected chi connectivity index (χ1v) is 7.54. The molecular formula is C14H18ClN3S. The van der Waals surface area contributed by atoms with Gasteiger partial charge in [-0.3, -0.25) is 0 Å². The van der Waals surface area contributed by atoms with Gasteiger partial charge in [0.1, 0.15) is 0 Å². The maximum Gasteiger partial charge on any atom is 0.0795 e. The lowest BCUT2D eigenvalue weighted by Gasteiger charge is -2.18. The Bertz CT molecular complexity index is 484. The van der Waals surface area contributed by atoms with Crippen LogP contribution < -0.4 is 5.73 Å². The zero-order chi connectivity index (χ0) is 13.7. The molecule has 2 aromatic rings. The van der Waals surface area contributed by atoms with Gasteiger partial charge in [0.25, 0.3) is 0 Å². The van der Waals surface area contributed by atoms with Crippen LogP contribution in [0.15, 0.2) is 35.2 Å². The third-order valence-electron chi connectivity index (χ3n) is 3.04. The summed E-state index contributed by atoms with van der Waals surface area (Å²) in [5.41, 5.74) is 10.3. The van der Waals surface area contributed by atoms with Gasteiger partial charge >= 0.3 is 0 Å². The van der Waals surface area contributed by atoms with Gasteiger partial charge in [-0.05, 0) is 31.2 Å². The van der Waals surface area contributed by atoms with Gasteiger partial charge in [0, 0.05) is 29.5 Å². The van der Waals surface area contributed by atoms with Gasteiger partial charge in [-0.1, -0.05) is 23.7 Å². The molecule has 0 bridgehead atoms. The first-order valence-electron chi connectivity index (χ1n) is 6.22. The number of thiazole rings is 1. The number of rotatable bonds is 6. The summed E-state index contributed by atoms with van der Waals surface area (Å²) in [5, 5.41) is 2.83. The Balaban J connectivity index is 1.79. The molecule has 2 N–H and O–H groups in total. The molecule has 0 aliphatic carbocycles. The molecule has 0 fully saturated rings. The SMILES string of the molecule is CN(CCC(N)c1ccc(Cl)cc1)Cc1cscn1. The predicted molar refractivity (Wildman–Crippen MR) is 81.4 cm³/mol. The number of hydrogen-bond acceptors (Lipinski definition) is 4. The Labute approximate surface area is 123 Å². The summed E-state index contributed by atoms with van der Waals surface area (Å²) in [4.78, 5) is 6.52. The summed E-state index contributed by atoms with van der Waals surface area (Å²) < 4.78 is 0. The van der Waals surface area contributed by atoms with Crippen LogP contribution in [-0.2, 0) is 6.54 Å². The molecule has 3 nitrogen and oxygen atoms in total. The van der Waals surface area contributed by atoms with Crippen molar-refractivity contribution in [2.45, 2.75) is 19.0 Å². The van der Waals surface area contributed by atoms with Crippen molar-refractivity contribution in [3.8, 4) is 0 Å². The lowest BCUT2D eigenvalue weighted by molar-refractivity contribution is 0.308. The van der Waals surface area contributed by atoms with Crippen LogP contribution in [0.1, 0.15) is 23.7 Å². The van der Waals surface area contributed by atoms with Crippen molar-refractivity contribution in [1.82, 2.24) is 9.88 Å². The Kier molecular flexibility index (Phi) is 5.34. The van der Waals surface area contributed by atoms with E-state index < -0.39 is 0 Å². The number of halogens is 1. The second kappa shape index (κ2) is 7.01. The van der Waals surface area contributed by atoms with E-state index in [1.54, 1.807) is 11.3 Å². The van der Waals surface area contributed by atoms with Gasteiger partial charge in [-0.2, -0.15) is 0 Å². The molecule has 1 aromatic carbocycles. The number of aromatic nitrogens is 1. The highest BCUT2D eigenvalue weighted by atomic mass is 35.5. The van der Waals surface area contributed by atoms with E-state index in [9.17, 15) is 0 Å². The number of nitrogens with two attached hydrogens (primary N) is 1. The molecule has 5 heteroatoms. The predicted octanol–water partition coefficient (Wildman–Crippen LogP) is 3.32. The van der Waals surface area contributed by atoms with Crippen LogP contribution >= 0.6 is 22.9 Å². The van der Waals surface area contributed by atoms with Crippen molar-refractivity contribution in [2.24, 2.45) is 5.73 Å². The number of nitrogens with zero attached hydrogens (tertiary/aromatic N) is 2. The summed E-state index contributed by atoms with van der Waals surface area (Å²) >= 11 is 7.50. The molecule has 0 aliphatic heterocycles. The highest BCUT2D eigenvalue weighted by Crippen LogP contribution is 2.17. The lowest BCUT2D eigenvalue weighted by atomic mass is 10.0. The smallest absolute Gasteiger partial charge is 0.0795 e. The maximum absolute atomic E-state index is 6.18. The molecular weight excluding hydrogens is 278 g/mol. The molecule has 0 aliphatic rings.